The second-order valence-corrected chi connectivity index (χ2v) is 5.80. The number of Topliss-reactive ketones (excluding diaryl/α,β-unsaturated/α-hetero) is 1. The Kier molecular flexibility index (Phi) is 4.64. The van der Waals surface area contributed by atoms with Crippen molar-refractivity contribution in [3.8, 4) is 0 Å². The number of carboxylic acid groups (broad SMARTS) is 1. The molecule has 1 aromatic carbocycles. The Morgan fingerprint density at radius 2 is 1.69 bits per heavy atom. The number of amides is 2. The van der Waals surface area contributed by atoms with Crippen LogP contribution < -0.4 is 0 Å². The maximum atomic E-state index is 12.7. The first-order valence-electron chi connectivity index (χ1n) is 7.90. The van der Waals surface area contributed by atoms with E-state index in [4.69, 9.17) is 10.2 Å². The van der Waals surface area contributed by atoms with Gasteiger partial charge < -0.3 is 10.2 Å². The summed E-state index contributed by atoms with van der Waals surface area (Å²) in [6.07, 6.45) is 4.77. The number of carbonyl (C=O) groups is 4. The van der Waals surface area contributed by atoms with Gasteiger partial charge in [-0.1, -0.05) is 24.3 Å². The molecule has 7 heteroatoms. The van der Waals surface area contributed by atoms with Crippen molar-refractivity contribution >= 4 is 23.6 Å². The molecule has 0 saturated carbocycles. The summed E-state index contributed by atoms with van der Waals surface area (Å²) in [6, 6.07) is 5.46. The van der Waals surface area contributed by atoms with E-state index in [2.05, 4.69) is 0 Å². The molecule has 7 nitrogen and oxygen atoms in total. The molecule has 26 heavy (non-hydrogen) atoms. The molecular formula is C19H15NO6. The number of aromatic carboxylic acids is 1. The Balaban J connectivity index is 1.93. The molecule has 132 valence electrons. The predicted molar refractivity (Wildman–Crippen MR) is 90.4 cm³/mol. The summed E-state index contributed by atoms with van der Waals surface area (Å²) in [5.74, 6) is -2.46. The van der Waals surface area contributed by atoms with Crippen LogP contribution in [0.3, 0.4) is 0 Å². The second kappa shape index (κ2) is 6.89. The molecule has 2 aliphatic rings. The summed E-state index contributed by atoms with van der Waals surface area (Å²) in [7, 11) is 0. The average Bonchev–Trinajstić information content (AvgIpc) is 2.81. The van der Waals surface area contributed by atoms with Gasteiger partial charge in [-0.2, -0.15) is 0 Å². The highest BCUT2D eigenvalue weighted by Gasteiger charge is 2.37. The van der Waals surface area contributed by atoms with Gasteiger partial charge in [-0.05, 0) is 24.6 Å². The SMILES string of the molecule is O=C(O)c1ccc(C(=O)C2=CC3=C(CC=C2)C(=O)N(CCO)C3=O)cc1. The lowest BCUT2D eigenvalue weighted by molar-refractivity contribution is -0.138. The van der Waals surface area contributed by atoms with Crippen LogP contribution in [-0.4, -0.2) is 51.8 Å². The third kappa shape index (κ3) is 3.00. The van der Waals surface area contributed by atoms with E-state index in [-0.39, 0.29) is 47.6 Å². The van der Waals surface area contributed by atoms with Crippen LogP contribution in [0.5, 0.6) is 0 Å². The van der Waals surface area contributed by atoms with Crippen molar-refractivity contribution in [3.63, 3.8) is 0 Å². The van der Waals surface area contributed by atoms with Crippen LogP contribution in [0.25, 0.3) is 0 Å². The molecule has 3 rings (SSSR count). The lowest BCUT2D eigenvalue weighted by Gasteiger charge is -2.13. The molecule has 0 bridgehead atoms. The van der Waals surface area contributed by atoms with Crippen molar-refractivity contribution in [2.24, 2.45) is 0 Å². The molecule has 1 aliphatic carbocycles. The van der Waals surface area contributed by atoms with E-state index in [0.717, 1.165) is 4.90 Å². The van der Waals surface area contributed by atoms with Gasteiger partial charge in [0.25, 0.3) is 11.8 Å². The zero-order valence-electron chi connectivity index (χ0n) is 13.6. The number of hydrogen-bond acceptors (Lipinski definition) is 5. The lowest BCUT2D eigenvalue weighted by Crippen LogP contribution is -2.34. The molecule has 0 saturated heterocycles. The summed E-state index contributed by atoms with van der Waals surface area (Å²) < 4.78 is 0. The van der Waals surface area contributed by atoms with Crippen molar-refractivity contribution in [1.29, 1.82) is 0 Å². The van der Waals surface area contributed by atoms with E-state index in [1.165, 1.54) is 30.3 Å². The summed E-state index contributed by atoms with van der Waals surface area (Å²) in [4.78, 5) is 49.2. The maximum absolute atomic E-state index is 12.7. The quantitative estimate of drug-likeness (QED) is 0.606. The molecule has 0 fully saturated rings. The van der Waals surface area contributed by atoms with Crippen LogP contribution in [0.1, 0.15) is 27.1 Å². The molecule has 0 spiro atoms. The van der Waals surface area contributed by atoms with Crippen molar-refractivity contribution in [2.45, 2.75) is 6.42 Å². The van der Waals surface area contributed by atoms with Crippen molar-refractivity contribution in [1.82, 2.24) is 4.90 Å². The molecule has 0 aromatic heterocycles. The van der Waals surface area contributed by atoms with Crippen LogP contribution in [0.2, 0.25) is 0 Å². The van der Waals surface area contributed by atoms with Gasteiger partial charge in [0.2, 0.25) is 0 Å². The number of nitrogens with zero attached hydrogens (tertiary/aromatic N) is 1. The maximum Gasteiger partial charge on any atom is 0.335 e. The number of β-amino-alcohol motifs (C(OH)–C–C–N with tert-alkyl or cyclic N) is 1. The Morgan fingerprint density at radius 1 is 1.04 bits per heavy atom. The Bertz CT molecular complexity index is 904. The van der Waals surface area contributed by atoms with Crippen LogP contribution in [0.15, 0.2) is 59.2 Å². The van der Waals surface area contributed by atoms with E-state index in [0.29, 0.717) is 5.57 Å². The molecule has 1 aliphatic heterocycles. The smallest absolute Gasteiger partial charge is 0.335 e. The largest absolute Gasteiger partial charge is 0.478 e. The van der Waals surface area contributed by atoms with Gasteiger partial charge in [0.15, 0.2) is 5.78 Å². The fraction of sp³-hybridized carbons (Fsp3) is 0.158. The molecule has 0 unspecified atom stereocenters. The molecule has 2 amide bonds. The Morgan fingerprint density at radius 3 is 2.31 bits per heavy atom. The van der Waals surface area contributed by atoms with Crippen LogP contribution in [0.4, 0.5) is 0 Å². The average molecular weight is 353 g/mol. The molecule has 2 N–H and O–H groups in total. The summed E-state index contributed by atoms with van der Waals surface area (Å²) in [6.45, 7) is -0.429. The summed E-state index contributed by atoms with van der Waals surface area (Å²) >= 11 is 0. The van der Waals surface area contributed by atoms with Gasteiger partial charge >= 0.3 is 5.97 Å². The van der Waals surface area contributed by atoms with Gasteiger partial charge in [-0.15, -0.1) is 0 Å². The number of aliphatic hydroxyl groups excluding tert-OH is 1. The number of hydrogen-bond donors (Lipinski definition) is 2. The monoisotopic (exact) mass is 353 g/mol. The van der Waals surface area contributed by atoms with E-state index >= 15 is 0 Å². The highest BCUT2D eigenvalue weighted by Crippen LogP contribution is 2.29. The standard InChI is InChI=1S/C19H15NO6/c21-9-8-20-17(23)14-3-1-2-13(10-15(14)18(20)24)16(22)11-4-6-12(7-5-11)19(25)26/h1-2,4-7,10,21H,3,8-9H2,(H,25,26). The number of carboxylic acids is 1. The molecule has 0 atom stereocenters. The lowest BCUT2D eigenvalue weighted by atomic mass is 10.00. The number of ketones is 1. The third-order valence-electron chi connectivity index (χ3n) is 4.20. The third-order valence-corrected chi connectivity index (χ3v) is 4.20. The molecular weight excluding hydrogens is 338 g/mol. The predicted octanol–water partition coefficient (Wildman–Crippen LogP) is 1.11. The molecule has 1 aromatic rings. The van der Waals surface area contributed by atoms with Crippen molar-refractivity contribution < 1.29 is 29.4 Å². The second-order valence-electron chi connectivity index (χ2n) is 5.80. The fourth-order valence-corrected chi connectivity index (χ4v) is 2.87. The fourth-order valence-electron chi connectivity index (χ4n) is 2.87. The van der Waals surface area contributed by atoms with Crippen LogP contribution in [0, 0.1) is 0 Å². The van der Waals surface area contributed by atoms with Gasteiger partial charge in [0.05, 0.1) is 18.7 Å². The topological polar surface area (TPSA) is 112 Å². The zero-order valence-corrected chi connectivity index (χ0v) is 13.6. The van der Waals surface area contributed by atoms with Crippen molar-refractivity contribution in [3.05, 3.63) is 70.3 Å². The summed E-state index contributed by atoms with van der Waals surface area (Å²) in [5.41, 5.74) is 1.01. The first-order valence-corrected chi connectivity index (χ1v) is 7.90. The number of imide groups is 1. The highest BCUT2D eigenvalue weighted by atomic mass is 16.4. The highest BCUT2D eigenvalue weighted by molar-refractivity contribution is 6.22. The van der Waals surface area contributed by atoms with Crippen molar-refractivity contribution in [2.75, 3.05) is 13.2 Å². The first-order chi connectivity index (χ1) is 12.4. The Labute approximate surface area is 148 Å². The first kappa shape index (κ1) is 17.5. The van der Waals surface area contributed by atoms with Crippen LogP contribution >= 0.6 is 0 Å². The number of benzene rings is 1. The Hall–Kier alpha value is -3.32. The number of carbonyl (C=O) groups excluding carboxylic acids is 3. The minimum atomic E-state index is -1.09. The van der Waals surface area contributed by atoms with Gasteiger partial charge in [0, 0.05) is 22.3 Å². The van der Waals surface area contributed by atoms with E-state index < -0.39 is 17.8 Å². The normalized spacial score (nSPS) is 16.5. The molecule has 1 heterocycles. The van der Waals surface area contributed by atoms with E-state index in [1.807, 2.05) is 0 Å². The number of rotatable bonds is 5. The number of allylic oxidation sites excluding steroid dienone is 3. The minimum Gasteiger partial charge on any atom is -0.478 e. The van der Waals surface area contributed by atoms with E-state index in [1.54, 1.807) is 12.2 Å². The van der Waals surface area contributed by atoms with E-state index in [9.17, 15) is 19.2 Å². The van der Waals surface area contributed by atoms with Gasteiger partial charge in [-0.3, -0.25) is 19.3 Å². The van der Waals surface area contributed by atoms with Gasteiger partial charge in [-0.25, -0.2) is 4.79 Å². The molecule has 0 radical (unpaired) electrons. The summed E-state index contributed by atoms with van der Waals surface area (Å²) in [5, 5.41) is 17.9. The van der Waals surface area contributed by atoms with Gasteiger partial charge in [0.1, 0.15) is 0 Å². The zero-order chi connectivity index (χ0) is 18.8. The van der Waals surface area contributed by atoms with Crippen LogP contribution in [-0.2, 0) is 9.59 Å². The number of aliphatic hydroxyl groups is 1. The minimum absolute atomic E-state index is 0.0631.